The first-order chi connectivity index (χ1) is 9.57. The van der Waals surface area contributed by atoms with E-state index in [0.29, 0.717) is 13.2 Å². The largest absolute Gasteiger partial charge is 0.508 e. The van der Waals surface area contributed by atoms with Crippen molar-refractivity contribution in [1.82, 2.24) is 5.43 Å². The van der Waals surface area contributed by atoms with Crippen LogP contribution in [0.2, 0.25) is 0 Å². The second-order valence-corrected chi connectivity index (χ2v) is 4.75. The molecule has 1 aliphatic heterocycles. The van der Waals surface area contributed by atoms with Crippen molar-refractivity contribution in [3.63, 3.8) is 0 Å². The highest BCUT2D eigenvalue weighted by atomic mass is 16.7. The Labute approximate surface area is 117 Å². The van der Waals surface area contributed by atoms with Gasteiger partial charge in [-0.15, -0.1) is 0 Å². The van der Waals surface area contributed by atoms with E-state index in [0.717, 1.165) is 12.0 Å². The maximum Gasteiger partial charge on any atom is 0.245 e. The molecule has 0 spiro atoms. The topological polar surface area (TPSA) is 80.2 Å². The van der Waals surface area contributed by atoms with Crippen molar-refractivity contribution in [1.29, 1.82) is 0 Å². The molecule has 0 aromatic heterocycles. The van der Waals surface area contributed by atoms with Crippen molar-refractivity contribution in [3.05, 3.63) is 29.8 Å². The van der Waals surface area contributed by atoms with Gasteiger partial charge in [-0.1, -0.05) is 0 Å². The van der Waals surface area contributed by atoms with E-state index >= 15 is 0 Å². The van der Waals surface area contributed by atoms with Crippen molar-refractivity contribution in [2.24, 2.45) is 5.10 Å². The summed E-state index contributed by atoms with van der Waals surface area (Å²) in [6.07, 6.45) is 2.44. The molecule has 0 bridgehead atoms. The Kier molecular flexibility index (Phi) is 4.70. The van der Waals surface area contributed by atoms with Gasteiger partial charge in [0.15, 0.2) is 5.79 Å². The lowest BCUT2D eigenvalue weighted by Gasteiger charge is -2.33. The third-order valence-electron chi connectivity index (χ3n) is 2.88. The van der Waals surface area contributed by atoms with Gasteiger partial charge in [0.2, 0.25) is 5.91 Å². The van der Waals surface area contributed by atoms with Crippen LogP contribution in [0.15, 0.2) is 29.4 Å². The molecule has 1 fully saturated rings. The number of rotatable bonds is 4. The summed E-state index contributed by atoms with van der Waals surface area (Å²) in [6, 6.07) is 6.49. The molecule has 1 saturated heterocycles. The Morgan fingerprint density at radius 1 is 1.40 bits per heavy atom. The zero-order valence-electron chi connectivity index (χ0n) is 11.3. The number of nitrogens with zero attached hydrogens (tertiary/aromatic N) is 1. The predicted molar refractivity (Wildman–Crippen MR) is 73.4 cm³/mol. The highest BCUT2D eigenvalue weighted by Gasteiger charge is 2.31. The fourth-order valence-corrected chi connectivity index (χ4v) is 1.85. The van der Waals surface area contributed by atoms with Crippen molar-refractivity contribution < 1.29 is 19.4 Å². The highest BCUT2D eigenvalue weighted by Crippen LogP contribution is 2.21. The number of nitrogens with one attached hydrogen (secondary N) is 1. The molecule has 2 rings (SSSR count). The molecule has 0 atom stereocenters. The van der Waals surface area contributed by atoms with Crippen LogP contribution in [0.5, 0.6) is 5.75 Å². The van der Waals surface area contributed by atoms with E-state index in [1.807, 2.05) is 0 Å². The maximum atomic E-state index is 11.7. The van der Waals surface area contributed by atoms with E-state index in [2.05, 4.69) is 10.5 Å². The minimum atomic E-state index is -0.865. The number of hydrazone groups is 1. The summed E-state index contributed by atoms with van der Waals surface area (Å²) >= 11 is 0. The summed E-state index contributed by atoms with van der Waals surface area (Å²) in [4.78, 5) is 11.7. The SMILES string of the molecule is CC1(CC(=O)N/N=C\c2ccc(O)cc2)OCCCO1. The van der Waals surface area contributed by atoms with E-state index in [-0.39, 0.29) is 18.1 Å². The summed E-state index contributed by atoms with van der Waals surface area (Å²) in [5, 5.41) is 13.0. The van der Waals surface area contributed by atoms with Crippen LogP contribution in [0.4, 0.5) is 0 Å². The number of phenolic OH excluding ortho intramolecular Hbond substituents is 1. The number of hydrogen-bond donors (Lipinski definition) is 2. The van der Waals surface area contributed by atoms with Crippen LogP contribution >= 0.6 is 0 Å². The zero-order chi connectivity index (χ0) is 14.4. The minimum absolute atomic E-state index is 0.0971. The minimum Gasteiger partial charge on any atom is -0.508 e. The molecule has 0 radical (unpaired) electrons. The van der Waals surface area contributed by atoms with E-state index in [4.69, 9.17) is 14.6 Å². The van der Waals surface area contributed by atoms with Gasteiger partial charge in [0, 0.05) is 0 Å². The van der Waals surface area contributed by atoms with E-state index in [1.54, 1.807) is 31.2 Å². The monoisotopic (exact) mass is 278 g/mol. The molecular formula is C14H18N2O4. The number of hydrogen-bond acceptors (Lipinski definition) is 5. The lowest BCUT2D eigenvalue weighted by atomic mass is 10.2. The van der Waals surface area contributed by atoms with Crippen molar-refractivity contribution in [2.75, 3.05) is 13.2 Å². The first-order valence-corrected chi connectivity index (χ1v) is 6.46. The quantitative estimate of drug-likeness (QED) is 0.644. The van der Waals surface area contributed by atoms with Crippen LogP contribution in [0.1, 0.15) is 25.3 Å². The summed E-state index contributed by atoms with van der Waals surface area (Å²) in [5.41, 5.74) is 3.20. The van der Waals surface area contributed by atoms with Gasteiger partial charge in [0.25, 0.3) is 0 Å². The number of aromatic hydroxyl groups is 1. The van der Waals surface area contributed by atoms with Gasteiger partial charge >= 0.3 is 0 Å². The van der Waals surface area contributed by atoms with Crippen LogP contribution in [0, 0.1) is 0 Å². The smallest absolute Gasteiger partial charge is 0.245 e. The van der Waals surface area contributed by atoms with Crippen LogP contribution in [0.25, 0.3) is 0 Å². The average Bonchev–Trinajstić information content (AvgIpc) is 2.41. The molecule has 1 aromatic carbocycles. The summed E-state index contributed by atoms with van der Waals surface area (Å²) < 4.78 is 10.9. The van der Waals surface area contributed by atoms with Gasteiger partial charge in [0.05, 0.1) is 25.8 Å². The van der Waals surface area contributed by atoms with Crippen molar-refractivity contribution in [3.8, 4) is 5.75 Å². The van der Waals surface area contributed by atoms with Crippen molar-refractivity contribution >= 4 is 12.1 Å². The molecule has 0 unspecified atom stereocenters. The molecule has 20 heavy (non-hydrogen) atoms. The Balaban J connectivity index is 1.81. The number of benzene rings is 1. The summed E-state index contributed by atoms with van der Waals surface area (Å²) in [7, 11) is 0. The molecule has 1 amide bonds. The average molecular weight is 278 g/mol. The van der Waals surface area contributed by atoms with Gasteiger partial charge in [-0.3, -0.25) is 4.79 Å². The lowest BCUT2D eigenvalue weighted by molar-refractivity contribution is -0.256. The maximum absolute atomic E-state index is 11.7. The van der Waals surface area contributed by atoms with Crippen LogP contribution in [-0.4, -0.2) is 36.2 Å². The molecule has 1 aromatic rings. The van der Waals surface area contributed by atoms with Crippen molar-refractivity contribution in [2.45, 2.75) is 25.6 Å². The van der Waals surface area contributed by atoms with Gasteiger partial charge in [-0.2, -0.15) is 5.10 Å². The molecule has 1 heterocycles. The summed E-state index contributed by atoms with van der Waals surface area (Å²) in [6.45, 7) is 2.94. The third-order valence-corrected chi connectivity index (χ3v) is 2.88. The highest BCUT2D eigenvalue weighted by molar-refractivity contribution is 5.82. The fourth-order valence-electron chi connectivity index (χ4n) is 1.85. The molecule has 1 aliphatic rings. The summed E-state index contributed by atoms with van der Waals surface area (Å²) in [5.74, 6) is -0.953. The molecular weight excluding hydrogens is 260 g/mol. The fraction of sp³-hybridized carbons (Fsp3) is 0.429. The lowest BCUT2D eigenvalue weighted by Crippen LogP contribution is -2.41. The van der Waals surface area contributed by atoms with Gasteiger partial charge in [0.1, 0.15) is 5.75 Å². The second kappa shape index (κ2) is 6.49. The van der Waals surface area contributed by atoms with E-state index in [9.17, 15) is 4.79 Å². The van der Waals surface area contributed by atoms with Crippen LogP contribution in [0.3, 0.4) is 0 Å². The molecule has 6 heteroatoms. The Bertz CT molecular complexity index is 478. The normalized spacial score (nSPS) is 18.1. The van der Waals surface area contributed by atoms with Gasteiger partial charge in [-0.25, -0.2) is 5.43 Å². The number of phenols is 1. The second-order valence-electron chi connectivity index (χ2n) is 4.75. The number of carbonyl (C=O) groups is 1. The molecule has 108 valence electrons. The number of carbonyl (C=O) groups excluding carboxylic acids is 1. The Morgan fingerprint density at radius 3 is 2.70 bits per heavy atom. The van der Waals surface area contributed by atoms with Gasteiger partial charge in [-0.05, 0) is 43.2 Å². The number of ether oxygens (including phenoxy) is 2. The first kappa shape index (κ1) is 14.5. The first-order valence-electron chi connectivity index (χ1n) is 6.46. The molecule has 2 N–H and O–H groups in total. The molecule has 0 aliphatic carbocycles. The van der Waals surface area contributed by atoms with Gasteiger partial charge < -0.3 is 14.6 Å². The zero-order valence-corrected chi connectivity index (χ0v) is 11.3. The van der Waals surface area contributed by atoms with E-state index < -0.39 is 5.79 Å². The Hall–Kier alpha value is -1.92. The van der Waals surface area contributed by atoms with Crippen LogP contribution in [-0.2, 0) is 14.3 Å². The molecule has 6 nitrogen and oxygen atoms in total. The molecule has 0 saturated carbocycles. The van der Waals surface area contributed by atoms with E-state index in [1.165, 1.54) is 6.21 Å². The van der Waals surface area contributed by atoms with Crippen LogP contribution < -0.4 is 5.43 Å². The standard InChI is InChI=1S/C14H18N2O4/c1-14(19-7-2-8-20-14)9-13(18)16-15-10-11-3-5-12(17)6-4-11/h3-6,10,17H,2,7-9H2,1H3,(H,16,18)/b15-10-. The Morgan fingerprint density at radius 2 is 2.05 bits per heavy atom. The third kappa shape index (κ3) is 4.32. The number of amides is 1. The predicted octanol–water partition coefficient (Wildman–Crippen LogP) is 1.39.